The van der Waals surface area contributed by atoms with Crippen LogP contribution < -0.4 is 4.90 Å². The molecule has 20 heavy (non-hydrogen) atoms. The molecule has 1 atom stereocenters. The number of hydrogen-bond acceptors (Lipinski definition) is 4. The second kappa shape index (κ2) is 6.48. The van der Waals surface area contributed by atoms with Gasteiger partial charge in [-0.25, -0.2) is 4.98 Å². The van der Waals surface area contributed by atoms with Crippen LogP contribution in [0.1, 0.15) is 24.1 Å². The topological polar surface area (TPSA) is 32.3 Å². The summed E-state index contributed by atoms with van der Waals surface area (Å²) in [6.07, 6.45) is 5.68. The number of nitrogens with zero attached hydrogens (tertiary/aromatic N) is 4. The molecule has 2 aromatic rings. The summed E-state index contributed by atoms with van der Waals surface area (Å²) < 4.78 is 0. The van der Waals surface area contributed by atoms with Crippen LogP contribution in [0, 0.1) is 0 Å². The molecule has 0 saturated carbocycles. The van der Waals surface area contributed by atoms with Crippen molar-refractivity contribution in [2.45, 2.75) is 19.5 Å². The lowest BCUT2D eigenvalue weighted by Crippen LogP contribution is -2.22. The third-order valence-electron chi connectivity index (χ3n) is 3.53. The highest BCUT2D eigenvalue weighted by Crippen LogP contribution is 2.19. The molecule has 0 bridgehead atoms. The van der Waals surface area contributed by atoms with Gasteiger partial charge in [0.15, 0.2) is 0 Å². The normalized spacial score (nSPS) is 12.4. The molecule has 0 amide bonds. The summed E-state index contributed by atoms with van der Waals surface area (Å²) in [6.45, 7) is 3.06. The van der Waals surface area contributed by atoms with Crippen molar-refractivity contribution in [2.75, 3.05) is 26.0 Å². The molecular formula is C16H22N4. The molecule has 0 aliphatic heterocycles. The quantitative estimate of drug-likeness (QED) is 0.836. The number of aromatic nitrogens is 2. The smallest absolute Gasteiger partial charge is 0.127 e. The highest BCUT2D eigenvalue weighted by atomic mass is 15.1. The molecule has 4 nitrogen and oxygen atoms in total. The van der Waals surface area contributed by atoms with E-state index < -0.39 is 0 Å². The van der Waals surface area contributed by atoms with Gasteiger partial charge >= 0.3 is 0 Å². The van der Waals surface area contributed by atoms with E-state index >= 15 is 0 Å². The molecule has 0 fully saturated rings. The van der Waals surface area contributed by atoms with Crippen LogP contribution in [0.4, 0.5) is 5.82 Å². The van der Waals surface area contributed by atoms with Crippen molar-refractivity contribution in [3.05, 3.63) is 54.0 Å². The molecule has 0 aliphatic rings. The summed E-state index contributed by atoms with van der Waals surface area (Å²) in [4.78, 5) is 12.9. The number of pyridine rings is 2. The van der Waals surface area contributed by atoms with Crippen LogP contribution >= 0.6 is 0 Å². The van der Waals surface area contributed by atoms with Crippen molar-refractivity contribution in [2.24, 2.45) is 0 Å². The van der Waals surface area contributed by atoms with Crippen molar-refractivity contribution in [1.29, 1.82) is 0 Å². The van der Waals surface area contributed by atoms with Crippen LogP contribution in [-0.4, -0.2) is 36.0 Å². The fraction of sp³-hybridized carbons (Fsp3) is 0.375. The third-order valence-corrected chi connectivity index (χ3v) is 3.53. The Balaban J connectivity index is 2.02. The third kappa shape index (κ3) is 3.54. The predicted octanol–water partition coefficient (Wildman–Crippen LogP) is 2.74. The van der Waals surface area contributed by atoms with E-state index in [4.69, 9.17) is 0 Å². The van der Waals surface area contributed by atoms with Crippen molar-refractivity contribution in [1.82, 2.24) is 14.9 Å². The summed E-state index contributed by atoms with van der Waals surface area (Å²) in [5.74, 6) is 0.983. The molecule has 2 rings (SSSR count). The lowest BCUT2D eigenvalue weighted by molar-refractivity contribution is 0.252. The first-order chi connectivity index (χ1) is 9.58. The van der Waals surface area contributed by atoms with Crippen molar-refractivity contribution in [3.63, 3.8) is 0 Å². The first kappa shape index (κ1) is 14.5. The molecule has 0 unspecified atom stereocenters. The van der Waals surface area contributed by atoms with Gasteiger partial charge in [-0.05, 0) is 37.2 Å². The molecule has 4 heteroatoms. The van der Waals surface area contributed by atoms with Crippen LogP contribution in [0.3, 0.4) is 0 Å². The molecule has 2 aromatic heterocycles. The molecule has 0 aromatic carbocycles. The van der Waals surface area contributed by atoms with E-state index in [2.05, 4.69) is 47.0 Å². The molecule has 0 N–H and O–H groups in total. The maximum atomic E-state index is 4.45. The van der Waals surface area contributed by atoms with Crippen molar-refractivity contribution < 1.29 is 0 Å². The number of hydrogen-bond donors (Lipinski definition) is 0. The Bertz CT molecular complexity index is 522. The van der Waals surface area contributed by atoms with Gasteiger partial charge in [-0.3, -0.25) is 9.88 Å². The summed E-state index contributed by atoms with van der Waals surface area (Å²) in [5, 5.41) is 0. The molecule has 2 heterocycles. The van der Waals surface area contributed by atoms with Gasteiger partial charge in [0.2, 0.25) is 0 Å². The predicted molar refractivity (Wildman–Crippen MR) is 82.7 cm³/mol. The Morgan fingerprint density at radius 1 is 1.10 bits per heavy atom. The van der Waals surface area contributed by atoms with Crippen LogP contribution in [0.5, 0.6) is 0 Å². The fourth-order valence-electron chi connectivity index (χ4n) is 2.08. The minimum absolute atomic E-state index is 0.331. The standard InChI is InChI=1S/C16H22N4/c1-13(15-6-5-9-17-11-15)20(4)12-14-7-8-16(18-10-14)19(2)3/h5-11,13H,12H2,1-4H3/t13-/m1/s1. The van der Waals surface area contributed by atoms with E-state index in [9.17, 15) is 0 Å². The van der Waals surface area contributed by atoms with Gasteiger partial charge in [-0.15, -0.1) is 0 Å². The summed E-state index contributed by atoms with van der Waals surface area (Å²) in [5.41, 5.74) is 2.45. The number of anilines is 1. The maximum absolute atomic E-state index is 4.45. The van der Waals surface area contributed by atoms with Gasteiger partial charge < -0.3 is 4.90 Å². The molecule has 0 saturated heterocycles. The zero-order chi connectivity index (χ0) is 14.5. The van der Waals surface area contributed by atoms with Crippen LogP contribution in [0.2, 0.25) is 0 Å². The Morgan fingerprint density at radius 2 is 1.90 bits per heavy atom. The Hall–Kier alpha value is -1.94. The average molecular weight is 270 g/mol. The monoisotopic (exact) mass is 270 g/mol. The van der Waals surface area contributed by atoms with E-state index in [1.54, 1.807) is 6.20 Å². The van der Waals surface area contributed by atoms with Gasteiger partial charge in [0.1, 0.15) is 5.82 Å². The molecule has 106 valence electrons. The van der Waals surface area contributed by atoms with Gasteiger partial charge in [0.05, 0.1) is 0 Å². The van der Waals surface area contributed by atoms with Crippen molar-refractivity contribution in [3.8, 4) is 0 Å². The molecule has 0 spiro atoms. The van der Waals surface area contributed by atoms with Crippen LogP contribution in [0.25, 0.3) is 0 Å². The Morgan fingerprint density at radius 3 is 2.45 bits per heavy atom. The van der Waals surface area contributed by atoms with E-state index in [-0.39, 0.29) is 0 Å². The molecule has 0 aliphatic carbocycles. The van der Waals surface area contributed by atoms with Gasteiger partial charge in [-0.1, -0.05) is 12.1 Å². The first-order valence-corrected chi connectivity index (χ1v) is 6.80. The van der Waals surface area contributed by atoms with Crippen LogP contribution in [-0.2, 0) is 6.54 Å². The summed E-state index contributed by atoms with van der Waals surface area (Å²) >= 11 is 0. The second-order valence-corrected chi connectivity index (χ2v) is 5.30. The SMILES string of the molecule is C[C@H](c1cccnc1)N(C)Cc1ccc(N(C)C)nc1. The highest BCUT2D eigenvalue weighted by molar-refractivity contribution is 5.37. The first-order valence-electron chi connectivity index (χ1n) is 6.80. The average Bonchev–Trinajstić information content (AvgIpc) is 2.48. The Kier molecular flexibility index (Phi) is 4.69. The molecular weight excluding hydrogens is 248 g/mol. The summed E-state index contributed by atoms with van der Waals surface area (Å²) in [6, 6.07) is 8.61. The van der Waals surface area contributed by atoms with E-state index in [0.717, 1.165) is 12.4 Å². The minimum Gasteiger partial charge on any atom is -0.363 e. The van der Waals surface area contributed by atoms with Crippen LogP contribution in [0.15, 0.2) is 42.9 Å². The summed E-state index contributed by atoms with van der Waals surface area (Å²) in [7, 11) is 6.12. The van der Waals surface area contributed by atoms with Gasteiger partial charge in [0, 0.05) is 45.3 Å². The zero-order valence-corrected chi connectivity index (χ0v) is 12.6. The minimum atomic E-state index is 0.331. The zero-order valence-electron chi connectivity index (χ0n) is 12.6. The lowest BCUT2D eigenvalue weighted by atomic mass is 10.1. The Labute approximate surface area is 121 Å². The van der Waals surface area contributed by atoms with Crippen molar-refractivity contribution >= 4 is 5.82 Å². The van der Waals surface area contributed by atoms with E-state index in [1.165, 1.54) is 11.1 Å². The van der Waals surface area contributed by atoms with E-state index in [1.807, 2.05) is 37.5 Å². The van der Waals surface area contributed by atoms with E-state index in [0.29, 0.717) is 6.04 Å². The second-order valence-electron chi connectivity index (χ2n) is 5.30. The van der Waals surface area contributed by atoms with Gasteiger partial charge in [-0.2, -0.15) is 0 Å². The fourth-order valence-corrected chi connectivity index (χ4v) is 2.08. The lowest BCUT2D eigenvalue weighted by Gasteiger charge is -2.25. The number of rotatable bonds is 5. The highest BCUT2D eigenvalue weighted by Gasteiger charge is 2.12. The van der Waals surface area contributed by atoms with Gasteiger partial charge in [0.25, 0.3) is 0 Å². The largest absolute Gasteiger partial charge is 0.363 e. The molecule has 0 radical (unpaired) electrons. The maximum Gasteiger partial charge on any atom is 0.127 e.